The summed E-state index contributed by atoms with van der Waals surface area (Å²) in [5.41, 5.74) is 3.08. The lowest BCUT2D eigenvalue weighted by Gasteiger charge is -2.36. The average Bonchev–Trinajstić information content (AvgIpc) is 3.41. The lowest BCUT2D eigenvalue weighted by Crippen LogP contribution is -2.47. The highest BCUT2D eigenvalue weighted by atomic mass is 16.6. The summed E-state index contributed by atoms with van der Waals surface area (Å²) >= 11 is 0. The Morgan fingerprint density at radius 3 is 2.47 bits per heavy atom. The van der Waals surface area contributed by atoms with Crippen molar-refractivity contribution in [3.8, 4) is 28.5 Å². The molecule has 192 valence electrons. The maximum atomic E-state index is 5.70. The molecular weight excluding hydrogens is 456 g/mol. The van der Waals surface area contributed by atoms with E-state index in [4.69, 9.17) is 18.7 Å². The first-order valence-electron chi connectivity index (χ1n) is 12.9. The third-order valence-corrected chi connectivity index (χ3v) is 6.98. The standard InChI is InChI=1S/C28H36N4O4/c1-3-30(11-4-12-31-13-15-32(16-14-31)23-6-8-24(33-2)9-7-23)21-25-20-26(29-36-25)22-5-10-27-28(19-22)35-18-17-34-27/h5-10,19-20H,3-4,11-18,21H2,1-2H3. The van der Waals surface area contributed by atoms with Crippen LogP contribution in [0.1, 0.15) is 19.1 Å². The highest BCUT2D eigenvalue weighted by Crippen LogP contribution is 2.34. The fourth-order valence-electron chi connectivity index (χ4n) is 4.84. The Morgan fingerprint density at radius 2 is 1.72 bits per heavy atom. The van der Waals surface area contributed by atoms with Crippen LogP contribution in [-0.4, -0.2) is 81.1 Å². The molecule has 2 aliphatic rings. The maximum absolute atomic E-state index is 5.70. The SMILES string of the molecule is CCN(CCCN1CCN(c2ccc(OC)cc2)CC1)Cc1cc(-c2ccc3c(c2)OCCO3)no1. The lowest BCUT2D eigenvalue weighted by atomic mass is 10.1. The van der Waals surface area contributed by atoms with Gasteiger partial charge in [0.2, 0.25) is 0 Å². The first-order chi connectivity index (χ1) is 17.7. The van der Waals surface area contributed by atoms with Crippen molar-refractivity contribution in [2.45, 2.75) is 19.9 Å². The molecule has 0 spiro atoms. The van der Waals surface area contributed by atoms with Crippen LogP contribution in [0, 0.1) is 0 Å². The molecule has 0 atom stereocenters. The molecule has 0 unspecified atom stereocenters. The van der Waals surface area contributed by atoms with Crippen molar-refractivity contribution in [3.63, 3.8) is 0 Å². The molecule has 1 saturated heterocycles. The molecule has 0 radical (unpaired) electrons. The van der Waals surface area contributed by atoms with Gasteiger partial charge >= 0.3 is 0 Å². The van der Waals surface area contributed by atoms with Crippen molar-refractivity contribution in [2.24, 2.45) is 0 Å². The fourth-order valence-corrected chi connectivity index (χ4v) is 4.84. The van der Waals surface area contributed by atoms with E-state index in [9.17, 15) is 0 Å². The van der Waals surface area contributed by atoms with E-state index < -0.39 is 0 Å². The van der Waals surface area contributed by atoms with Gasteiger partial charge < -0.3 is 23.6 Å². The third-order valence-electron chi connectivity index (χ3n) is 6.98. The van der Waals surface area contributed by atoms with Gasteiger partial charge in [-0.05, 0) is 68.5 Å². The van der Waals surface area contributed by atoms with Crippen molar-refractivity contribution >= 4 is 5.69 Å². The van der Waals surface area contributed by atoms with Crippen LogP contribution in [0.2, 0.25) is 0 Å². The summed E-state index contributed by atoms with van der Waals surface area (Å²) < 4.78 is 22.3. The van der Waals surface area contributed by atoms with Crippen molar-refractivity contribution in [3.05, 3.63) is 54.3 Å². The molecule has 1 aromatic heterocycles. The van der Waals surface area contributed by atoms with Crippen LogP contribution in [0.15, 0.2) is 53.1 Å². The number of rotatable bonds is 10. The van der Waals surface area contributed by atoms with Crippen molar-refractivity contribution in [1.29, 1.82) is 0 Å². The maximum Gasteiger partial charge on any atom is 0.162 e. The van der Waals surface area contributed by atoms with E-state index in [0.717, 1.165) is 93.0 Å². The Kier molecular flexibility index (Phi) is 7.93. The van der Waals surface area contributed by atoms with E-state index in [2.05, 4.69) is 38.9 Å². The largest absolute Gasteiger partial charge is 0.497 e. The highest BCUT2D eigenvalue weighted by molar-refractivity contribution is 5.64. The zero-order chi connectivity index (χ0) is 24.7. The van der Waals surface area contributed by atoms with Gasteiger partial charge in [-0.15, -0.1) is 0 Å². The second-order valence-corrected chi connectivity index (χ2v) is 9.29. The number of hydrogen-bond donors (Lipinski definition) is 0. The molecule has 0 N–H and O–H groups in total. The van der Waals surface area contributed by atoms with E-state index in [1.807, 2.05) is 36.4 Å². The Morgan fingerprint density at radius 1 is 0.944 bits per heavy atom. The molecule has 3 aromatic rings. The van der Waals surface area contributed by atoms with Gasteiger partial charge in [-0.1, -0.05) is 12.1 Å². The molecule has 3 heterocycles. The third kappa shape index (κ3) is 5.94. The summed E-state index contributed by atoms with van der Waals surface area (Å²) in [5.74, 6) is 3.34. The molecule has 8 nitrogen and oxygen atoms in total. The molecule has 2 aliphatic heterocycles. The van der Waals surface area contributed by atoms with Gasteiger partial charge in [0.25, 0.3) is 0 Å². The number of benzene rings is 2. The van der Waals surface area contributed by atoms with Crippen LogP contribution in [0.25, 0.3) is 11.3 Å². The van der Waals surface area contributed by atoms with Gasteiger partial charge in [0.05, 0.1) is 13.7 Å². The highest BCUT2D eigenvalue weighted by Gasteiger charge is 2.18. The van der Waals surface area contributed by atoms with Crippen molar-refractivity contribution in [1.82, 2.24) is 15.0 Å². The minimum atomic E-state index is 0.574. The Labute approximate surface area is 213 Å². The van der Waals surface area contributed by atoms with E-state index in [1.54, 1.807) is 7.11 Å². The topological polar surface area (TPSA) is 63.4 Å². The van der Waals surface area contributed by atoms with Crippen LogP contribution in [-0.2, 0) is 6.54 Å². The molecule has 0 saturated carbocycles. The van der Waals surface area contributed by atoms with Crippen LogP contribution < -0.4 is 19.1 Å². The molecule has 2 aromatic carbocycles. The summed E-state index contributed by atoms with van der Waals surface area (Å²) in [6.45, 7) is 11.6. The van der Waals surface area contributed by atoms with Gasteiger partial charge in [-0.3, -0.25) is 9.80 Å². The van der Waals surface area contributed by atoms with Gasteiger partial charge in [0.1, 0.15) is 24.7 Å². The summed E-state index contributed by atoms with van der Waals surface area (Å²) in [5, 5.41) is 4.30. The van der Waals surface area contributed by atoms with Gasteiger partial charge in [0.15, 0.2) is 17.3 Å². The van der Waals surface area contributed by atoms with Crippen molar-refractivity contribution in [2.75, 3.05) is 71.0 Å². The molecule has 0 bridgehead atoms. The average molecular weight is 493 g/mol. The first-order valence-corrected chi connectivity index (χ1v) is 12.9. The minimum Gasteiger partial charge on any atom is -0.497 e. The summed E-state index contributed by atoms with van der Waals surface area (Å²) in [7, 11) is 1.71. The van der Waals surface area contributed by atoms with Gasteiger partial charge in [-0.25, -0.2) is 0 Å². The second-order valence-electron chi connectivity index (χ2n) is 9.29. The molecule has 5 rings (SSSR count). The number of hydrogen-bond acceptors (Lipinski definition) is 8. The van der Waals surface area contributed by atoms with Crippen LogP contribution in [0.4, 0.5) is 5.69 Å². The number of methoxy groups -OCH3 is 1. The molecule has 36 heavy (non-hydrogen) atoms. The van der Waals surface area contributed by atoms with Gasteiger partial charge in [0, 0.05) is 43.5 Å². The monoisotopic (exact) mass is 492 g/mol. The molecular formula is C28H36N4O4. The van der Waals surface area contributed by atoms with Crippen molar-refractivity contribution < 1.29 is 18.7 Å². The number of ether oxygens (including phenoxy) is 3. The van der Waals surface area contributed by atoms with E-state index in [1.165, 1.54) is 5.69 Å². The number of nitrogens with zero attached hydrogens (tertiary/aromatic N) is 4. The minimum absolute atomic E-state index is 0.574. The predicted octanol–water partition coefficient (Wildman–Crippen LogP) is 4.16. The van der Waals surface area contributed by atoms with Crippen LogP contribution >= 0.6 is 0 Å². The Hall–Kier alpha value is -3.23. The van der Waals surface area contributed by atoms with E-state index in [-0.39, 0.29) is 0 Å². The zero-order valence-electron chi connectivity index (χ0n) is 21.3. The number of anilines is 1. The Bertz CT molecular complexity index is 1110. The quantitative estimate of drug-likeness (QED) is 0.418. The zero-order valence-corrected chi connectivity index (χ0v) is 21.3. The number of aromatic nitrogens is 1. The summed E-state index contributed by atoms with van der Waals surface area (Å²) in [6.07, 6.45) is 1.14. The fraction of sp³-hybridized carbons (Fsp3) is 0.464. The smallest absolute Gasteiger partial charge is 0.162 e. The molecule has 0 amide bonds. The summed E-state index contributed by atoms with van der Waals surface area (Å²) in [6, 6.07) is 16.3. The Balaban J connectivity index is 1.06. The number of fused-ring (bicyclic) bond motifs is 1. The lowest BCUT2D eigenvalue weighted by molar-refractivity contribution is 0.171. The van der Waals surface area contributed by atoms with Gasteiger partial charge in [-0.2, -0.15) is 0 Å². The van der Waals surface area contributed by atoms with Crippen LogP contribution in [0.5, 0.6) is 17.2 Å². The normalized spacial score (nSPS) is 15.9. The van der Waals surface area contributed by atoms with E-state index in [0.29, 0.717) is 13.2 Å². The summed E-state index contributed by atoms with van der Waals surface area (Å²) in [4.78, 5) is 7.45. The predicted molar refractivity (Wildman–Crippen MR) is 140 cm³/mol. The van der Waals surface area contributed by atoms with Crippen LogP contribution in [0.3, 0.4) is 0 Å². The van der Waals surface area contributed by atoms with E-state index >= 15 is 0 Å². The second kappa shape index (κ2) is 11.7. The number of piperazine rings is 1. The molecule has 0 aliphatic carbocycles. The molecule has 8 heteroatoms. The molecule has 1 fully saturated rings. The first kappa shape index (κ1) is 24.5.